The molecule has 0 fully saturated rings. The number of aryl methyl sites for hydroxylation is 2. The van der Waals surface area contributed by atoms with Gasteiger partial charge in [-0.1, -0.05) is 71.8 Å². The summed E-state index contributed by atoms with van der Waals surface area (Å²) in [6.07, 6.45) is 0. The molecule has 1 heterocycles. The number of benzene rings is 4. The van der Waals surface area contributed by atoms with Crippen molar-refractivity contribution < 1.29 is 0 Å². The summed E-state index contributed by atoms with van der Waals surface area (Å²) in [5.74, 6) is 0. The molecule has 0 saturated heterocycles. The monoisotopic (exact) mass is 347 g/mol. The standard InChI is InChI=1S/C26H21N/c1-18-14-19(2)16-21(15-18)20-12-13-26-24(17-20)23-10-6-7-11-25(23)27(26)22-8-4-3-5-9-22/h3-17H,1-2H3. The minimum absolute atomic E-state index is 1.20. The molecule has 0 spiro atoms. The molecule has 5 aromatic rings. The molecule has 1 aromatic heterocycles. The van der Waals surface area contributed by atoms with Gasteiger partial charge >= 0.3 is 0 Å². The van der Waals surface area contributed by atoms with Gasteiger partial charge in [0, 0.05) is 16.5 Å². The smallest absolute Gasteiger partial charge is 0.0541 e. The Kier molecular flexibility index (Phi) is 3.61. The predicted octanol–water partition coefficient (Wildman–Crippen LogP) is 7.07. The summed E-state index contributed by atoms with van der Waals surface area (Å²) in [4.78, 5) is 0. The van der Waals surface area contributed by atoms with E-state index in [9.17, 15) is 0 Å². The Bertz CT molecular complexity index is 1260. The summed E-state index contributed by atoms with van der Waals surface area (Å²) in [7, 11) is 0. The number of fused-ring (bicyclic) bond motifs is 3. The van der Waals surface area contributed by atoms with Crippen LogP contribution in [0.25, 0.3) is 38.6 Å². The van der Waals surface area contributed by atoms with Crippen LogP contribution < -0.4 is 0 Å². The molecule has 5 rings (SSSR count). The van der Waals surface area contributed by atoms with E-state index in [0.29, 0.717) is 0 Å². The van der Waals surface area contributed by atoms with E-state index in [1.54, 1.807) is 0 Å². The molecule has 4 aromatic carbocycles. The number of nitrogens with zero attached hydrogens (tertiary/aromatic N) is 1. The molecule has 0 aliphatic heterocycles. The van der Waals surface area contributed by atoms with Crippen LogP contribution in [0.15, 0.2) is 91.0 Å². The maximum absolute atomic E-state index is 2.36. The van der Waals surface area contributed by atoms with Gasteiger partial charge in [-0.15, -0.1) is 0 Å². The van der Waals surface area contributed by atoms with Crippen molar-refractivity contribution >= 4 is 21.8 Å². The van der Waals surface area contributed by atoms with E-state index in [0.717, 1.165) is 0 Å². The van der Waals surface area contributed by atoms with E-state index >= 15 is 0 Å². The molecule has 1 nitrogen and oxygen atoms in total. The molecule has 0 N–H and O–H groups in total. The van der Waals surface area contributed by atoms with Crippen LogP contribution in [-0.4, -0.2) is 4.57 Å². The summed E-state index contributed by atoms with van der Waals surface area (Å²) in [5.41, 5.74) is 8.85. The Labute approximate surface area is 159 Å². The topological polar surface area (TPSA) is 4.93 Å². The molecule has 1 heteroatoms. The zero-order chi connectivity index (χ0) is 18.4. The molecule has 0 aliphatic rings. The van der Waals surface area contributed by atoms with Crippen LogP contribution in [-0.2, 0) is 0 Å². The van der Waals surface area contributed by atoms with Crippen LogP contribution >= 0.6 is 0 Å². The molecule has 0 atom stereocenters. The fraction of sp³-hybridized carbons (Fsp3) is 0.0769. The first-order chi connectivity index (χ1) is 13.2. The number of para-hydroxylation sites is 2. The van der Waals surface area contributed by atoms with Crippen LogP contribution in [0.2, 0.25) is 0 Å². The SMILES string of the molecule is Cc1cc(C)cc(-c2ccc3c(c2)c2ccccc2n3-c2ccccc2)c1. The molecular formula is C26H21N. The molecule has 130 valence electrons. The Hall–Kier alpha value is -3.32. The van der Waals surface area contributed by atoms with E-state index in [-0.39, 0.29) is 0 Å². The zero-order valence-electron chi connectivity index (χ0n) is 15.6. The van der Waals surface area contributed by atoms with Crippen LogP contribution in [0, 0.1) is 13.8 Å². The highest BCUT2D eigenvalue weighted by Crippen LogP contribution is 2.35. The Morgan fingerprint density at radius 1 is 0.519 bits per heavy atom. The average molecular weight is 347 g/mol. The van der Waals surface area contributed by atoms with Crippen molar-refractivity contribution in [1.29, 1.82) is 0 Å². The van der Waals surface area contributed by atoms with Gasteiger partial charge in [0.1, 0.15) is 0 Å². The zero-order valence-corrected chi connectivity index (χ0v) is 15.6. The first-order valence-corrected chi connectivity index (χ1v) is 9.38. The Balaban J connectivity index is 1.83. The van der Waals surface area contributed by atoms with Crippen molar-refractivity contribution in [1.82, 2.24) is 4.57 Å². The second kappa shape index (κ2) is 6.14. The third-order valence-electron chi connectivity index (χ3n) is 5.24. The maximum Gasteiger partial charge on any atom is 0.0541 e. The predicted molar refractivity (Wildman–Crippen MR) is 116 cm³/mol. The third-order valence-corrected chi connectivity index (χ3v) is 5.24. The first kappa shape index (κ1) is 15.9. The summed E-state index contributed by atoms with van der Waals surface area (Å²) in [6.45, 7) is 4.33. The Morgan fingerprint density at radius 2 is 1.19 bits per heavy atom. The lowest BCUT2D eigenvalue weighted by atomic mass is 9.99. The fourth-order valence-corrected chi connectivity index (χ4v) is 4.15. The highest BCUT2D eigenvalue weighted by molar-refractivity contribution is 6.10. The fourth-order valence-electron chi connectivity index (χ4n) is 4.15. The average Bonchev–Trinajstić information content (AvgIpc) is 3.01. The van der Waals surface area contributed by atoms with Crippen molar-refractivity contribution in [3.05, 3.63) is 102 Å². The molecule has 0 unspecified atom stereocenters. The van der Waals surface area contributed by atoms with Gasteiger partial charge in [0.2, 0.25) is 0 Å². The van der Waals surface area contributed by atoms with Crippen LogP contribution in [0.3, 0.4) is 0 Å². The van der Waals surface area contributed by atoms with Gasteiger partial charge in [0.05, 0.1) is 11.0 Å². The molecular weight excluding hydrogens is 326 g/mol. The van der Waals surface area contributed by atoms with E-state index in [4.69, 9.17) is 0 Å². The van der Waals surface area contributed by atoms with Gasteiger partial charge in [0.25, 0.3) is 0 Å². The largest absolute Gasteiger partial charge is 0.309 e. The van der Waals surface area contributed by atoms with Crippen molar-refractivity contribution in [3.63, 3.8) is 0 Å². The van der Waals surface area contributed by atoms with Gasteiger partial charge in [-0.25, -0.2) is 0 Å². The number of hydrogen-bond donors (Lipinski definition) is 0. The summed E-state index contributed by atoms with van der Waals surface area (Å²) in [5, 5.41) is 2.59. The van der Waals surface area contributed by atoms with E-state index in [1.165, 1.54) is 49.7 Å². The highest BCUT2D eigenvalue weighted by Gasteiger charge is 2.12. The molecule has 0 bridgehead atoms. The number of rotatable bonds is 2. The van der Waals surface area contributed by atoms with Crippen LogP contribution in [0.5, 0.6) is 0 Å². The van der Waals surface area contributed by atoms with Crippen molar-refractivity contribution in [2.24, 2.45) is 0 Å². The summed E-state index contributed by atoms with van der Waals surface area (Å²) >= 11 is 0. The van der Waals surface area contributed by atoms with Crippen LogP contribution in [0.4, 0.5) is 0 Å². The highest BCUT2D eigenvalue weighted by atomic mass is 15.0. The molecule has 0 radical (unpaired) electrons. The van der Waals surface area contributed by atoms with Gasteiger partial charge in [0.15, 0.2) is 0 Å². The molecule has 27 heavy (non-hydrogen) atoms. The second-order valence-electron chi connectivity index (χ2n) is 7.30. The lowest BCUT2D eigenvalue weighted by Gasteiger charge is -2.09. The number of aromatic nitrogens is 1. The summed E-state index contributed by atoms with van der Waals surface area (Å²) in [6, 6.07) is 32.9. The molecule has 0 amide bonds. The van der Waals surface area contributed by atoms with Crippen molar-refractivity contribution in [3.8, 4) is 16.8 Å². The third kappa shape index (κ3) is 2.63. The van der Waals surface area contributed by atoms with Gasteiger partial charge in [-0.05, 0) is 55.3 Å². The van der Waals surface area contributed by atoms with Crippen LogP contribution in [0.1, 0.15) is 11.1 Å². The lowest BCUT2D eigenvalue weighted by Crippen LogP contribution is -1.92. The minimum atomic E-state index is 1.20. The normalized spacial score (nSPS) is 11.3. The van der Waals surface area contributed by atoms with Crippen molar-refractivity contribution in [2.45, 2.75) is 13.8 Å². The van der Waals surface area contributed by atoms with E-state index in [2.05, 4.69) is 109 Å². The van der Waals surface area contributed by atoms with Gasteiger partial charge in [-0.2, -0.15) is 0 Å². The minimum Gasteiger partial charge on any atom is -0.309 e. The van der Waals surface area contributed by atoms with Crippen molar-refractivity contribution in [2.75, 3.05) is 0 Å². The molecule has 0 saturated carbocycles. The number of hydrogen-bond acceptors (Lipinski definition) is 0. The van der Waals surface area contributed by atoms with E-state index in [1.807, 2.05) is 0 Å². The molecule has 0 aliphatic carbocycles. The van der Waals surface area contributed by atoms with Gasteiger partial charge < -0.3 is 4.57 Å². The summed E-state index contributed by atoms with van der Waals surface area (Å²) < 4.78 is 2.36. The maximum atomic E-state index is 2.36. The lowest BCUT2D eigenvalue weighted by molar-refractivity contribution is 1.18. The Morgan fingerprint density at radius 3 is 1.96 bits per heavy atom. The first-order valence-electron chi connectivity index (χ1n) is 9.38. The second-order valence-corrected chi connectivity index (χ2v) is 7.30. The quantitative estimate of drug-likeness (QED) is 0.322. The van der Waals surface area contributed by atoms with E-state index < -0.39 is 0 Å². The van der Waals surface area contributed by atoms with Gasteiger partial charge in [-0.3, -0.25) is 0 Å².